The molecule has 3 unspecified atom stereocenters. The molecule has 2 aromatic carbocycles. The average Bonchev–Trinajstić information content (AvgIpc) is 2.76. The van der Waals surface area contributed by atoms with E-state index in [1.807, 2.05) is 6.07 Å². The molecule has 0 radical (unpaired) electrons. The van der Waals surface area contributed by atoms with Crippen LogP contribution in [0.5, 0.6) is 11.5 Å². The van der Waals surface area contributed by atoms with E-state index in [9.17, 15) is 10.2 Å². The van der Waals surface area contributed by atoms with E-state index in [1.165, 1.54) is 5.56 Å². The van der Waals surface area contributed by atoms with E-state index in [4.69, 9.17) is 25.8 Å². The van der Waals surface area contributed by atoms with Gasteiger partial charge >= 0.3 is 0 Å². The third-order valence-corrected chi connectivity index (χ3v) is 6.15. The van der Waals surface area contributed by atoms with Gasteiger partial charge in [-0.15, -0.1) is 0 Å². The first-order chi connectivity index (χ1) is 14.6. The fraction of sp³-hybridized carbons (Fsp3) is 0.500. The SMILES string of the molecule is CCCc1ccc(Cc2cc(C3CC(O)CC(CO)O3)c3c(c2Cl)OCCO3)cc1. The fourth-order valence-electron chi connectivity index (χ4n) is 4.27. The molecule has 6 heteroatoms. The summed E-state index contributed by atoms with van der Waals surface area (Å²) >= 11 is 6.72. The molecule has 5 nitrogen and oxygen atoms in total. The van der Waals surface area contributed by atoms with Crippen LogP contribution in [0.4, 0.5) is 0 Å². The first kappa shape index (κ1) is 21.4. The van der Waals surface area contributed by atoms with Gasteiger partial charge in [0.1, 0.15) is 13.2 Å². The van der Waals surface area contributed by atoms with Gasteiger partial charge in [0.25, 0.3) is 0 Å². The minimum atomic E-state index is -0.536. The van der Waals surface area contributed by atoms with Crippen LogP contribution in [0, 0.1) is 0 Å². The minimum absolute atomic E-state index is 0.127. The molecule has 0 bridgehead atoms. The Kier molecular flexibility index (Phi) is 6.84. The predicted octanol–water partition coefficient (Wildman–Crippen LogP) is 4.23. The van der Waals surface area contributed by atoms with Crippen LogP contribution in [0.2, 0.25) is 5.02 Å². The number of aliphatic hydroxyl groups excluding tert-OH is 2. The van der Waals surface area contributed by atoms with Crippen LogP contribution in [-0.2, 0) is 17.6 Å². The zero-order chi connectivity index (χ0) is 21.1. The molecule has 30 heavy (non-hydrogen) atoms. The molecule has 1 saturated heterocycles. The Morgan fingerprint density at radius 3 is 2.43 bits per heavy atom. The second-order valence-corrected chi connectivity index (χ2v) is 8.47. The lowest BCUT2D eigenvalue weighted by atomic mass is 9.92. The summed E-state index contributed by atoms with van der Waals surface area (Å²) in [5, 5.41) is 20.4. The van der Waals surface area contributed by atoms with Gasteiger partial charge in [0.15, 0.2) is 11.5 Å². The van der Waals surface area contributed by atoms with E-state index in [1.54, 1.807) is 0 Å². The highest BCUT2D eigenvalue weighted by atomic mass is 35.5. The summed E-state index contributed by atoms with van der Waals surface area (Å²) in [6.07, 6.45) is 2.41. The number of aliphatic hydroxyl groups is 2. The molecule has 2 aromatic rings. The van der Waals surface area contributed by atoms with Crippen molar-refractivity contribution >= 4 is 11.6 Å². The van der Waals surface area contributed by atoms with Crippen LogP contribution in [0.25, 0.3) is 0 Å². The molecule has 0 amide bonds. The summed E-state index contributed by atoms with van der Waals surface area (Å²) in [5.74, 6) is 1.13. The highest BCUT2D eigenvalue weighted by molar-refractivity contribution is 6.33. The predicted molar refractivity (Wildman–Crippen MR) is 116 cm³/mol. The molecular formula is C24H29ClO5. The van der Waals surface area contributed by atoms with E-state index in [0.717, 1.165) is 29.5 Å². The average molecular weight is 433 g/mol. The van der Waals surface area contributed by atoms with Crippen LogP contribution >= 0.6 is 11.6 Å². The lowest BCUT2D eigenvalue weighted by Gasteiger charge is -2.34. The molecule has 1 fully saturated rings. The topological polar surface area (TPSA) is 68.2 Å². The van der Waals surface area contributed by atoms with Gasteiger partial charge in [-0.05, 0) is 35.6 Å². The number of ether oxygens (including phenoxy) is 3. The maximum absolute atomic E-state index is 10.3. The van der Waals surface area contributed by atoms with E-state index in [2.05, 4.69) is 31.2 Å². The Labute approximate surface area is 182 Å². The van der Waals surface area contributed by atoms with E-state index >= 15 is 0 Å². The molecule has 2 N–H and O–H groups in total. The zero-order valence-corrected chi connectivity index (χ0v) is 18.0. The third kappa shape index (κ3) is 4.59. The third-order valence-electron chi connectivity index (χ3n) is 5.74. The van der Waals surface area contributed by atoms with Gasteiger partial charge in [0, 0.05) is 18.4 Å². The Hall–Kier alpha value is -1.79. The van der Waals surface area contributed by atoms with E-state index < -0.39 is 12.2 Å². The smallest absolute Gasteiger partial charge is 0.180 e. The van der Waals surface area contributed by atoms with Crippen molar-refractivity contribution in [2.45, 2.75) is 57.3 Å². The minimum Gasteiger partial charge on any atom is -0.486 e. The molecule has 2 aliphatic heterocycles. The summed E-state index contributed by atoms with van der Waals surface area (Å²) in [6, 6.07) is 10.6. The van der Waals surface area contributed by atoms with Crippen molar-refractivity contribution in [3.05, 3.63) is 57.6 Å². The van der Waals surface area contributed by atoms with Gasteiger partial charge in [0.05, 0.1) is 29.9 Å². The quantitative estimate of drug-likeness (QED) is 0.715. The van der Waals surface area contributed by atoms with Gasteiger partial charge < -0.3 is 24.4 Å². The van der Waals surface area contributed by atoms with Crippen molar-refractivity contribution in [2.75, 3.05) is 19.8 Å². The maximum atomic E-state index is 10.3. The summed E-state index contributed by atoms with van der Waals surface area (Å²) in [4.78, 5) is 0. The Morgan fingerprint density at radius 1 is 1.03 bits per heavy atom. The number of aryl methyl sites for hydroxylation is 1. The standard InChI is InChI=1S/C24H29ClO5/c1-2-3-15-4-6-16(7-5-15)10-17-11-20(21-13-18(27)12-19(14-26)30-21)23-24(22(17)25)29-9-8-28-23/h4-7,11,18-19,21,26-27H,2-3,8-10,12-14H2,1H3. The summed E-state index contributed by atoms with van der Waals surface area (Å²) in [5.41, 5.74) is 4.25. The van der Waals surface area contributed by atoms with Crippen LogP contribution < -0.4 is 9.47 Å². The van der Waals surface area contributed by atoms with Crippen molar-refractivity contribution < 1.29 is 24.4 Å². The molecule has 4 rings (SSSR count). The monoisotopic (exact) mass is 432 g/mol. The highest BCUT2D eigenvalue weighted by Gasteiger charge is 2.34. The summed E-state index contributed by atoms with van der Waals surface area (Å²) in [7, 11) is 0. The van der Waals surface area contributed by atoms with Crippen molar-refractivity contribution in [1.29, 1.82) is 0 Å². The van der Waals surface area contributed by atoms with E-state index in [0.29, 0.717) is 49.0 Å². The molecule has 2 aliphatic rings. The fourth-order valence-corrected chi connectivity index (χ4v) is 4.53. The van der Waals surface area contributed by atoms with Gasteiger partial charge in [-0.25, -0.2) is 0 Å². The lowest BCUT2D eigenvalue weighted by Crippen LogP contribution is -2.34. The van der Waals surface area contributed by atoms with Crippen molar-refractivity contribution in [2.24, 2.45) is 0 Å². The molecular weight excluding hydrogens is 404 g/mol. The normalized spacial score (nSPS) is 23.4. The van der Waals surface area contributed by atoms with Crippen LogP contribution in [0.1, 0.15) is 54.5 Å². The van der Waals surface area contributed by atoms with Crippen LogP contribution in [0.15, 0.2) is 30.3 Å². The number of hydrogen-bond donors (Lipinski definition) is 2. The van der Waals surface area contributed by atoms with Gasteiger partial charge in [0.2, 0.25) is 0 Å². The Bertz CT molecular complexity index is 867. The molecule has 3 atom stereocenters. The molecule has 2 heterocycles. The highest BCUT2D eigenvalue weighted by Crippen LogP contribution is 2.47. The van der Waals surface area contributed by atoms with Crippen LogP contribution in [0.3, 0.4) is 0 Å². The van der Waals surface area contributed by atoms with Gasteiger partial charge in [-0.3, -0.25) is 0 Å². The molecule has 0 aliphatic carbocycles. The number of halogens is 1. The zero-order valence-electron chi connectivity index (χ0n) is 17.3. The Morgan fingerprint density at radius 2 is 1.73 bits per heavy atom. The molecule has 0 aromatic heterocycles. The summed E-state index contributed by atoms with van der Waals surface area (Å²) in [6.45, 7) is 2.93. The van der Waals surface area contributed by atoms with Crippen molar-refractivity contribution in [3.63, 3.8) is 0 Å². The second kappa shape index (κ2) is 9.56. The van der Waals surface area contributed by atoms with Crippen molar-refractivity contribution in [1.82, 2.24) is 0 Å². The molecule has 0 saturated carbocycles. The van der Waals surface area contributed by atoms with Crippen molar-refractivity contribution in [3.8, 4) is 11.5 Å². The molecule has 0 spiro atoms. The van der Waals surface area contributed by atoms with Gasteiger partial charge in [-0.2, -0.15) is 0 Å². The lowest BCUT2D eigenvalue weighted by molar-refractivity contribution is -0.114. The molecule has 162 valence electrons. The largest absolute Gasteiger partial charge is 0.486 e. The first-order valence-electron chi connectivity index (χ1n) is 10.7. The number of fused-ring (bicyclic) bond motifs is 1. The number of benzene rings is 2. The maximum Gasteiger partial charge on any atom is 0.180 e. The first-order valence-corrected chi connectivity index (χ1v) is 11.1. The van der Waals surface area contributed by atoms with Gasteiger partial charge in [-0.1, -0.05) is 49.2 Å². The second-order valence-electron chi connectivity index (χ2n) is 8.09. The van der Waals surface area contributed by atoms with E-state index in [-0.39, 0.29) is 12.7 Å². The number of hydrogen-bond acceptors (Lipinski definition) is 5. The van der Waals surface area contributed by atoms with Crippen LogP contribution in [-0.4, -0.2) is 42.2 Å². The number of rotatable bonds is 6. The summed E-state index contributed by atoms with van der Waals surface area (Å²) < 4.78 is 17.8. The Balaban J connectivity index is 1.68.